The average Bonchev–Trinajstić information content (AvgIpc) is 3.26. The van der Waals surface area contributed by atoms with E-state index in [1.54, 1.807) is 6.26 Å². The summed E-state index contributed by atoms with van der Waals surface area (Å²) >= 11 is 0. The maximum absolute atomic E-state index is 12.6. The van der Waals surface area contributed by atoms with Gasteiger partial charge in [0, 0.05) is 43.9 Å². The van der Waals surface area contributed by atoms with E-state index in [-0.39, 0.29) is 23.7 Å². The van der Waals surface area contributed by atoms with Crippen LogP contribution < -0.4 is 0 Å². The molecule has 2 amide bonds. The summed E-state index contributed by atoms with van der Waals surface area (Å²) in [5, 5.41) is 0. The van der Waals surface area contributed by atoms with Crippen molar-refractivity contribution in [3.05, 3.63) is 24.2 Å². The first-order valence-corrected chi connectivity index (χ1v) is 9.35. The molecule has 5 heteroatoms. The van der Waals surface area contributed by atoms with Gasteiger partial charge in [-0.05, 0) is 50.7 Å². The summed E-state index contributed by atoms with van der Waals surface area (Å²) < 4.78 is 5.42. The summed E-state index contributed by atoms with van der Waals surface area (Å²) in [5.74, 6) is 1.98. The topological polar surface area (TPSA) is 53.8 Å². The Morgan fingerprint density at radius 1 is 0.958 bits per heavy atom. The van der Waals surface area contributed by atoms with Gasteiger partial charge in [-0.15, -0.1) is 0 Å². The molecular formula is C19H26N2O3. The number of nitrogens with zero attached hydrogens (tertiary/aromatic N) is 2. The number of rotatable bonds is 3. The molecule has 130 valence electrons. The van der Waals surface area contributed by atoms with Gasteiger partial charge in [-0.2, -0.15) is 0 Å². The third-order valence-electron chi connectivity index (χ3n) is 5.84. The third-order valence-corrected chi connectivity index (χ3v) is 5.84. The minimum Gasteiger partial charge on any atom is -0.469 e. The molecule has 3 aliphatic rings. The summed E-state index contributed by atoms with van der Waals surface area (Å²) in [7, 11) is 0. The van der Waals surface area contributed by atoms with Gasteiger partial charge < -0.3 is 14.2 Å². The van der Waals surface area contributed by atoms with Crippen LogP contribution in [0.5, 0.6) is 0 Å². The largest absolute Gasteiger partial charge is 0.469 e. The highest BCUT2D eigenvalue weighted by atomic mass is 16.3. The van der Waals surface area contributed by atoms with E-state index in [1.165, 1.54) is 6.42 Å². The highest BCUT2D eigenvalue weighted by Gasteiger charge is 2.48. The molecule has 2 aliphatic heterocycles. The van der Waals surface area contributed by atoms with Gasteiger partial charge in [-0.3, -0.25) is 9.59 Å². The molecule has 4 rings (SSSR count). The normalized spacial score (nSPS) is 28.0. The molecule has 2 atom stereocenters. The number of carbonyl (C=O) groups is 2. The van der Waals surface area contributed by atoms with E-state index in [9.17, 15) is 9.59 Å². The van der Waals surface area contributed by atoms with Crippen LogP contribution in [0.25, 0.3) is 0 Å². The van der Waals surface area contributed by atoms with Crippen LogP contribution in [0.3, 0.4) is 0 Å². The van der Waals surface area contributed by atoms with Gasteiger partial charge >= 0.3 is 0 Å². The summed E-state index contributed by atoms with van der Waals surface area (Å²) in [6.45, 7) is 3.30. The maximum atomic E-state index is 12.6. The zero-order valence-corrected chi connectivity index (χ0v) is 14.2. The Morgan fingerprint density at radius 2 is 1.67 bits per heavy atom. The molecule has 5 nitrogen and oxygen atoms in total. The standard InChI is InChI=1S/C19H26N2O3/c22-18(20-8-2-1-3-9-20)14-6-10-21(11-7-14)19(23)16-13-15(16)17-5-4-12-24-17/h4-5,12,14-16H,1-3,6-11,13H2. The van der Waals surface area contributed by atoms with Gasteiger partial charge in [0.05, 0.1) is 6.26 Å². The van der Waals surface area contributed by atoms with Gasteiger partial charge in [0.1, 0.15) is 5.76 Å². The van der Waals surface area contributed by atoms with Crippen LogP contribution in [0.4, 0.5) is 0 Å². The molecule has 3 heterocycles. The molecule has 3 fully saturated rings. The molecule has 24 heavy (non-hydrogen) atoms. The van der Waals surface area contributed by atoms with Crippen LogP contribution in [0.1, 0.15) is 50.2 Å². The second kappa shape index (κ2) is 6.61. The number of hydrogen-bond acceptors (Lipinski definition) is 3. The van der Waals surface area contributed by atoms with Crippen LogP contribution in [-0.4, -0.2) is 47.8 Å². The molecule has 0 aromatic carbocycles. The Labute approximate surface area is 143 Å². The van der Waals surface area contributed by atoms with Crippen LogP contribution in [-0.2, 0) is 9.59 Å². The van der Waals surface area contributed by atoms with Crippen molar-refractivity contribution in [1.82, 2.24) is 9.80 Å². The lowest BCUT2D eigenvalue weighted by molar-refractivity contribution is -0.141. The lowest BCUT2D eigenvalue weighted by atomic mass is 9.94. The van der Waals surface area contributed by atoms with Crippen LogP contribution >= 0.6 is 0 Å². The summed E-state index contributed by atoms with van der Waals surface area (Å²) in [6.07, 6.45) is 7.73. The van der Waals surface area contributed by atoms with Crippen molar-refractivity contribution >= 4 is 11.8 Å². The Bertz CT molecular complexity index is 584. The molecule has 0 radical (unpaired) electrons. The predicted molar refractivity (Wildman–Crippen MR) is 89.3 cm³/mol. The molecular weight excluding hydrogens is 304 g/mol. The molecule has 1 aliphatic carbocycles. The predicted octanol–water partition coefficient (Wildman–Crippen LogP) is 2.63. The minimum absolute atomic E-state index is 0.0884. The van der Waals surface area contributed by atoms with E-state index >= 15 is 0 Å². The van der Waals surface area contributed by atoms with E-state index in [0.29, 0.717) is 5.91 Å². The van der Waals surface area contributed by atoms with Crippen LogP contribution in [0.2, 0.25) is 0 Å². The fourth-order valence-corrected chi connectivity index (χ4v) is 4.24. The van der Waals surface area contributed by atoms with Crippen molar-refractivity contribution in [2.75, 3.05) is 26.2 Å². The van der Waals surface area contributed by atoms with E-state index in [4.69, 9.17) is 4.42 Å². The van der Waals surface area contributed by atoms with Crippen LogP contribution in [0.15, 0.2) is 22.8 Å². The number of likely N-dealkylation sites (tertiary alicyclic amines) is 2. The lowest BCUT2D eigenvalue weighted by Gasteiger charge is -2.35. The van der Waals surface area contributed by atoms with Crippen molar-refractivity contribution in [3.8, 4) is 0 Å². The average molecular weight is 330 g/mol. The van der Waals surface area contributed by atoms with Crippen molar-refractivity contribution in [3.63, 3.8) is 0 Å². The number of piperidine rings is 2. The monoisotopic (exact) mass is 330 g/mol. The molecule has 1 aromatic rings. The lowest BCUT2D eigenvalue weighted by Crippen LogP contribution is -2.46. The van der Waals surface area contributed by atoms with Crippen LogP contribution in [0, 0.1) is 11.8 Å². The van der Waals surface area contributed by atoms with Gasteiger partial charge in [0.25, 0.3) is 0 Å². The molecule has 1 saturated carbocycles. The number of hydrogen-bond donors (Lipinski definition) is 0. The van der Waals surface area contributed by atoms with Crippen molar-refractivity contribution in [1.29, 1.82) is 0 Å². The van der Waals surface area contributed by atoms with Gasteiger partial charge in [0.2, 0.25) is 11.8 Å². The van der Waals surface area contributed by atoms with Crippen molar-refractivity contribution < 1.29 is 14.0 Å². The van der Waals surface area contributed by atoms with E-state index in [0.717, 1.165) is 64.0 Å². The highest BCUT2D eigenvalue weighted by Crippen LogP contribution is 2.48. The number of carbonyl (C=O) groups excluding carboxylic acids is 2. The summed E-state index contributed by atoms with van der Waals surface area (Å²) in [4.78, 5) is 29.2. The summed E-state index contributed by atoms with van der Waals surface area (Å²) in [5.41, 5.74) is 0. The van der Waals surface area contributed by atoms with Gasteiger partial charge in [-0.25, -0.2) is 0 Å². The van der Waals surface area contributed by atoms with Crippen molar-refractivity contribution in [2.45, 2.75) is 44.4 Å². The third kappa shape index (κ3) is 3.08. The fraction of sp³-hybridized carbons (Fsp3) is 0.684. The molecule has 0 spiro atoms. The maximum Gasteiger partial charge on any atom is 0.226 e. The second-order valence-electron chi connectivity index (χ2n) is 7.45. The molecule has 0 bridgehead atoms. The first-order chi connectivity index (χ1) is 11.7. The Balaban J connectivity index is 1.27. The quantitative estimate of drug-likeness (QED) is 0.856. The molecule has 2 unspecified atom stereocenters. The van der Waals surface area contributed by atoms with Crippen molar-refractivity contribution in [2.24, 2.45) is 11.8 Å². The van der Waals surface area contributed by atoms with Gasteiger partial charge in [0.15, 0.2) is 0 Å². The first-order valence-electron chi connectivity index (χ1n) is 9.35. The number of furan rings is 1. The molecule has 1 aromatic heterocycles. The van der Waals surface area contributed by atoms with E-state index in [2.05, 4.69) is 0 Å². The zero-order valence-electron chi connectivity index (χ0n) is 14.2. The Hall–Kier alpha value is -1.78. The minimum atomic E-state index is 0.0884. The highest BCUT2D eigenvalue weighted by molar-refractivity contribution is 5.83. The smallest absolute Gasteiger partial charge is 0.226 e. The zero-order chi connectivity index (χ0) is 16.5. The summed E-state index contributed by atoms with van der Waals surface area (Å²) in [6, 6.07) is 3.84. The molecule has 2 saturated heterocycles. The molecule has 0 N–H and O–H groups in total. The first kappa shape index (κ1) is 15.7. The SMILES string of the molecule is O=C(C1CCN(C(=O)C2CC2c2ccco2)CC1)N1CCCCC1. The number of amides is 2. The van der Waals surface area contributed by atoms with Gasteiger partial charge in [-0.1, -0.05) is 0 Å². The van der Waals surface area contributed by atoms with E-state index < -0.39 is 0 Å². The second-order valence-corrected chi connectivity index (χ2v) is 7.45. The Morgan fingerprint density at radius 3 is 2.33 bits per heavy atom. The fourth-order valence-electron chi connectivity index (χ4n) is 4.24. The van der Waals surface area contributed by atoms with E-state index in [1.807, 2.05) is 21.9 Å². The Kier molecular flexibility index (Phi) is 4.33.